The molecule has 0 spiro atoms. The maximum absolute atomic E-state index is 9.30. The molecule has 1 aliphatic rings. The molecule has 2 heteroatoms. The molecule has 1 fully saturated rings. The van der Waals surface area contributed by atoms with Crippen LogP contribution in [0.25, 0.3) is 0 Å². The Balaban J connectivity index is 2.31. The van der Waals surface area contributed by atoms with Crippen LogP contribution in [0.5, 0.6) is 0 Å². The van der Waals surface area contributed by atoms with Gasteiger partial charge in [-0.3, -0.25) is 0 Å². The first-order chi connectivity index (χ1) is 7.54. The first-order valence-electron chi connectivity index (χ1n) is 6.91. The van der Waals surface area contributed by atoms with E-state index in [1.54, 1.807) is 0 Å². The molecule has 0 aliphatic heterocycles. The van der Waals surface area contributed by atoms with Crippen LogP contribution in [0.4, 0.5) is 0 Å². The van der Waals surface area contributed by atoms with E-state index in [4.69, 9.17) is 0 Å². The Morgan fingerprint density at radius 3 is 2.00 bits per heavy atom. The van der Waals surface area contributed by atoms with Crippen molar-refractivity contribution < 1.29 is 5.11 Å². The van der Waals surface area contributed by atoms with Crippen LogP contribution in [-0.4, -0.2) is 23.8 Å². The van der Waals surface area contributed by atoms with E-state index in [0.717, 1.165) is 11.8 Å². The maximum atomic E-state index is 9.30. The lowest BCUT2D eigenvalue weighted by Gasteiger charge is -2.34. The molecule has 0 bridgehead atoms. The van der Waals surface area contributed by atoms with Crippen molar-refractivity contribution >= 4 is 0 Å². The average Bonchev–Trinajstić information content (AvgIpc) is 2.26. The zero-order chi connectivity index (χ0) is 12.1. The molecular formula is C14H29NO. The molecule has 0 aromatic carbocycles. The van der Waals surface area contributed by atoms with E-state index in [2.05, 4.69) is 33.0 Å². The fraction of sp³-hybridized carbons (Fsp3) is 1.00. The van der Waals surface area contributed by atoms with Crippen molar-refractivity contribution in [2.75, 3.05) is 6.61 Å². The molecule has 0 aromatic heterocycles. The van der Waals surface area contributed by atoms with Crippen molar-refractivity contribution in [1.29, 1.82) is 0 Å². The summed E-state index contributed by atoms with van der Waals surface area (Å²) >= 11 is 0. The maximum Gasteiger partial charge on any atom is 0.0587 e. The topological polar surface area (TPSA) is 32.3 Å². The largest absolute Gasteiger partial charge is 0.395 e. The van der Waals surface area contributed by atoms with Crippen molar-refractivity contribution in [1.82, 2.24) is 5.32 Å². The fourth-order valence-corrected chi connectivity index (χ4v) is 2.71. The van der Waals surface area contributed by atoms with Gasteiger partial charge in [-0.15, -0.1) is 0 Å². The van der Waals surface area contributed by atoms with Crippen LogP contribution in [0.15, 0.2) is 0 Å². The summed E-state index contributed by atoms with van der Waals surface area (Å²) in [6, 6.07) is 0.912. The summed E-state index contributed by atoms with van der Waals surface area (Å²) in [7, 11) is 0. The van der Waals surface area contributed by atoms with Crippen LogP contribution in [0, 0.1) is 17.8 Å². The SMILES string of the molecule is CC(C)C1CCC(NC(CO)C(C)C)CC1. The van der Waals surface area contributed by atoms with Gasteiger partial charge in [0.05, 0.1) is 6.61 Å². The van der Waals surface area contributed by atoms with Crippen molar-refractivity contribution in [3.8, 4) is 0 Å². The second-order valence-electron chi connectivity index (χ2n) is 6.06. The predicted octanol–water partition coefficient (Wildman–Crippen LogP) is 2.81. The Bertz CT molecular complexity index is 183. The minimum atomic E-state index is 0.266. The Morgan fingerprint density at radius 1 is 1.06 bits per heavy atom. The number of hydrogen-bond acceptors (Lipinski definition) is 2. The summed E-state index contributed by atoms with van der Waals surface area (Å²) in [4.78, 5) is 0. The van der Waals surface area contributed by atoms with Gasteiger partial charge in [0.1, 0.15) is 0 Å². The lowest BCUT2D eigenvalue weighted by molar-refractivity contribution is 0.170. The van der Waals surface area contributed by atoms with Crippen molar-refractivity contribution in [3.63, 3.8) is 0 Å². The standard InChI is InChI=1S/C14H29NO/c1-10(2)12-5-7-13(8-6-12)15-14(9-16)11(3)4/h10-16H,5-9H2,1-4H3. The predicted molar refractivity (Wildman–Crippen MR) is 69.4 cm³/mol. The summed E-state index contributed by atoms with van der Waals surface area (Å²) < 4.78 is 0. The minimum Gasteiger partial charge on any atom is -0.395 e. The van der Waals surface area contributed by atoms with Crippen LogP contribution in [0.3, 0.4) is 0 Å². The van der Waals surface area contributed by atoms with E-state index in [0.29, 0.717) is 12.0 Å². The van der Waals surface area contributed by atoms with Gasteiger partial charge in [-0.05, 0) is 43.4 Å². The molecule has 0 saturated heterocycles. The Morgan fingerprint density at radius 2 is 1.62 bits per heavy atom. The summed E-state index contributed by atoms with van der Waals surface area (Å²) in [6.45, 7) is 9.29. The van der Waals surface area contributed by atoms with E-state index >= 15 is 0 Å². The Kier molecular flexibility index (Phi) is 5.77. The monoisotopic (exact) mass is 227 g/mol. The third kappa shape index (κ3) is 4.06. The lowest BCUT2D eigenvalue weighted by Crippen LogP contribution is -2.45. The number of rotatable bonds is 5. The van der Waals surface area contributed by atoms with Gasteiger partial charge in [0.2, 0.25) is 0 Å². The van der Waals surface area contributed by atoms with Gasteiger partial charge < -0.3 is 10.4 Å². The molecule has 96 valence electrons. The highest BCUT2D eigenvalue weighted by Crippen LogP contribution is 2.30. The highest BCUT2D eigenvalue weighted by atomic mass is 16.3. The number of nitrogens with one attached hydrogen (secondary N) is 1. The van der Waals surface area contributed by atoms with Crippen LogP contribution in [-0.2, 0) is 0 Å². The van der Waals surface area contributed by atoms with E-state index < -0.39 is 0 Å². The van der Waals surface area contributed by atoms with Crippen LogP contribution < -0.4 is 5.32 Å². The van der Waals surface area contributed by atoms with Crippen molar-refractivity contribution in [3.05, 3.63) is 0 Å². The van der Waals surface area contributed by atoms with E-state index in [1.807, 2.05) is 0 Å². The zero-order valence-corrected chi connectivity index (χ0v) is 11.4. The first-order valence-corrected chi connectivity index (χ1v) is 6.91. The molecule has 2 N–H and O–H groups in total. The summed E-state index contributed by atoms with van der Waals surface area (Å²) in [5.74, 6) is 2.28. The molecule has 1 atom stereocenters. The van der Waals surface area contributed by atoms with E-state index in [9.17, 15) is 5.11 Å². The van der Waals surface area contributed by atoms with Crippen LogP contribution in [0.1, 0.15) is 53.4 Å². The van der Waals surface area contributed by atoms with Crippen LogP contribution >= 0.6 is 0 Å². The smallest absolute Gasteiger partial charge is 0.0587 e. The summed E-state index contributed by atoms with van der Waals surface area (Å²) in [5, 5.41) is 12.9. The normalized spacial score (nSPS) is 28.7. The highest BCUT2D eigenvalue weighted by molar-refractivity contribution is 4.82. The molecule has 16 heavy (non-hydrogen) atoms. The van der Waals surface area contributed by atoms with Gasteiger partial charge >= 0.3 is 0 Å². The molecular weight excluding hydrogens is 198 g/mol. The Labute approximate surface area is 101 Å². The van der Waals surface area contributed by atoms with Gasteiger partial charge in [0, 0.05) is 12.1 Å². The van der Waals surface area contributed by atoms with Gasteiger partial charge in [-0.2, -0.15) is 0 Å². The van der Waals surface area contributed by atoms with Crippen molar-refractivity contribution in [2.45, 2.75) is 65.5 Å². The summed E-state index contributed by atoms with van der Waals surface area (Å²) in [6.07, 6.45) is 5.27. The molecule has 0 heterocycles. The van der Waals surface area contributed by atoms with Crippen LogP contribution in [0.2, 0.25) is 0 Å². The minimum absolute atomic E-state index is 0.266. The summed E-state index contributed by atoms with van der Waals surface area (Å²) in [5.41, 5.74) is 0. The molecule has 0 radical (unpaired) electrons. The van der Waals surface area contributed by atoms with Gasteiger partial charge in [0.15, 0.2) is 0 Å². The number of hydrogen-bond donors (Lipinski definition) is 2. The zero-order valence-electron chi connectivity index (χ0n) is 11.4. The number of aliphatic hydroxyl groups is 1. The third-order valence-electron chi connectivity index (χ3n) is 4.17. The Hall–Kier alpha value is -0.0800. The quantitative estimate of drug-likeness (QED) is 0.757. The highest BCUT2D eigenvalue weighted by Gasteiger charge is 2.25. The fourth-order valence-electron chi connectivity index (χ4n) is 2.71. The molecule has 2 nitrogen and oxygen atoms in total. The first kappa shape index (κ1) is 14.0. The van der Waals surface area contributed by atoms with Gasteiger partial charge in [-0.25, -0.2) is 0 Å². The molecule has 1 rings (SSSR count). The van der Waals surface area contributed by atoms with E-state index in [1.165, 1.54) is 25.7 Å². The van der Waals surface area contributed by atoms with Gasteiger partial charge in [0.25, 0.3) is 0 Å². The molecule has 1 unspecified atom stereocenters. The van der Waals surface area contributed by atoms with E-state index in [-0.39, 0.29) is 12.6 Å². The third-order valence-corrected chi connectivity index (χ3v) is 4.17. The van der Waals surface area contributed by atoms with Gasteiger partial charge in [-0.1, -0.05) is 27.7 Å². The second kappa shape index (κ2) is 6.61. The molecule has 0 amide bonds. The van der Waals surface area contributed by atoms with Crippen molar-refractivity contribution in [2.24, 2.45) is 17.8 Å². The molecule has 1 saturated carbocycles. The lowest BCUT2D eigenvalue weighted by atomic mass is 9.79. The number of aliphatic hydroxyl groups excluding tert-OH is 1. The second-order valence-corrected chi connectivity index (χ2v) is 6.06. The average molecular weight is 227 g/mol. The molecule has 1 aliphatic carbocycles. The molecule has 0 aromatic rings.